The number of fused-ring (bicyclic) bond motifs is 1. The molecule has 0 saturated heterocycles. The van der Waals surface area contributed by atoms with E-state index in [2.05, 4.69) is 31.2 Å². The molecule has 0 N–H and O–H groups in total. The molecule has 0 amide bonds. The number of hydrogen-bond donors (Lipinski definition) is 0. The largest absolute Gasteiger partial charge is 0.497 e. The van der Waals surface area contributed by atoms with E-state index in [0.717, 1.165) is 45.1 Å². The van der Waals surface area contributed by atoms with Crippen LogP contribution in [0.25, 0.3) is 5.69 Å². The molecule has 3 aromatic rings. The van der Waals surface area contributed by atoms with Crippen LogP contribution in [0.4, 0.5) is 0 Å². The molecule has 1 aromatic heterocycles. The first-order chi connectivity index (χ1) is 13.2. The van der Waals surface area contributed by atoms with Gasteiger partial charge in [0.15, 0.2) is 5.16 Å². The molecule has 6 heteroatoms. The van der Waals surface area contributed by atoms with Crippen molar-refractivity contribution in [3.05, 3.63) is 75.7 Å². The van der Waals surface area contributed by atoms with Crippen LogP contribution >= 0.6 is 23.5 Å². The van der Waals surface area contributed by atoms with Gasteiger partial charge < -0.3 is 4.74 Å². The molecule has 4 nitrogen and oxygen atoms in total. The Bertz CT molecular complexity index is 1010. The summed E-state index contributed by atoms with van der Waals surface area (Å²) in [6, 6.07) is 16.0. The van der Waals surface area contributed by atoms with Gasteiger partial charge >= 0.3 is 0 Å². The van der Waals surface area contributed by atoms with Gasteiger partial charge in [-0.15, -0.1) is 11.8 Å². The molecule has 0 atom stereocenters. The van der Waals surface area contributed by atoms with Crippen LogP contribution in [0.15, 0.2) is 63.4 Å². The third-order valence-corrected chi connectivity index (χ3v) is 6.60. The number of aromatic nitrogens is 2. The number of thioether (sulfide) groups is 2. The van der Waals surface area contributed by atoms with Gasteiger partial charge in [0.05, 0.1) is 23.4 Å². The Balaban J connectivity index is 1.73. The Hall–Kier alpha value is -2.18. The molecule has 2 heterocycles. The normalized spacial score (nSPS) is 12.8. The fraction of sp³-hybridized carbons (Fsp3) is 0.238. The maximum absolute atomic E-state index is 13.2. The second-order valence-electron chi connectivity index (χ2n) is 6.38. The van der Waals surface area contributed by atoms with Crippen molar-refractivity contribution in [1.82, 2.24) is 9.55 Å². The minimum Gasteiger partial charge on any atom is -0.497 e. The third kappa shape index (κ3) is 3.77. The van der Waals surface area contributed by atoms with E-state index in [1.807, 2.05) is 24.3 Å². The maximum atomic E-state index is 13.2. The van der Waals surface area contributed by atoms with E-state index in [1.54, 1.807) is 35.2 Å². The van der Waals surface area contributed by atoms with Crippen molar-refractivity contribution in [2.75, 3.05) is 12.9 Å². The first-order valence-corrected chi connectivity index (χ1v) is 10.7. The minimum absolute atomic E-state index is 0.0269. The zero-order chi connectivity index (χ0) is 18.8. The van der Waals surface area contributed by atoms with Crippen LogP contribution in [0, 0.1) is 6.92 Å². The molecular weight excluding hydrogens is 376 g/mol. The van der Waals surface area contributed by atoms with Crippen LogP contribution in [-0.2, 0) is 12.2 Å². The fourth-order valence-corrected chi connectivity index (χ4v) is 4.99. The van der Waals surface area contributed by atoms with Crippen LogP contribution < -0.4 is 10.3 Å². The quantitative estimate of drug-likeness (QED) is 0.470. The lowest BCUT2D eigenvalue weighted by Crippen LogP contribution is -2.23. The number of hydrogen-bond acceptors (Lipinski definition) is 5. The van der Waals surface area contributed by atoms with Crippen molar-refractivity contribution in [1.29, 1.82) is 0 Å². The predicted molar refractivity (Wildman–Crippen MR) is 112 cm³/mol. The second-order valence-corrected chi connectivity index (χ2v) is 8.43. The molecule has 0 radical (unpaired) electrons. The number of nitrogens with zero attached hydrogens (tertiary/aromatic N) is 2. The van der Waals surface area contributed by atoms with Crippen molar-refractivity contribution in [2.45, 2.75) is 29.1 Å². The lowest BCUT2D eigenvalue weighted by Gasteiger charge is -2.14. The van der Waals surface area contributed by atoms with Crippen LogP contribution in [0.5, 0.6) is 5.75 Å². The van der Waals surface area contributed by atoms with Crippen molar-refractivity contribution in [3.8, 4) is 11.4 Å². The average Bonchev–Trinajstić information content (AvgIpc) is 3.17. The lowest BCUT2D eigenvalue weighted by atomic mass is 10.2. The highest BCUT2D eigenvalue weighted by Gasteiger charge is 2.22. The molecule has 0 spiro atoms. The summed E-state index contributed by atoms with van der Waals surface area (Å²) >= 11 is 3.21. The van der Waals surface area contributed by atoms with E-state index in [-0.39, 0.29) is 5.56 Å². The van der Waals surface area contributed by atoms with Crippen molar-refractivity contribution >= 4 is 23.5 Å². The zero-order valence-corrected chi connectivity index (χ0v) is 16.9. The smallest absolute Gasteiger partial charge is 0.272 e. The van der Waals surface area contributed by atoms with Crippen LogP contribution in [0.2, 0.25) is 0 Å². The highest BCUT2D eigenvalue weighted by molar-refractivity contribution is 7.99. The van der Waals surface area contributed by atoms with Gasteiger partial charge in [0.1, 0.15) is 5.75 Å². The first-order valence-electron chi connectivity index (χ1n) is 8.77. The van der Waals surface area contributed by atoms with E-state index < -0.39 is 0 Å². The molecule has 0 fully saturated rings. The Labute approximate surface area is 167 Å². The van der Waals surface area contributed by atoms with E-state index in [1.165, 1.54) is 11.1 Å². The average molecular weight is 397 g/mol. The summed E-state index contributed by atoms with van der Waals surface area (Å²) in [5.74, 6) is 2.46. The summed E-state index contributed by atoms with van der Waals surface area (Å²) in [5, 5.41) is 0.743. The summed E-state index contributed by atoms with van der Waals surface area (Å²) in [4.78, 5) is 18.8. The van der Waals surface area contributed by atoms with Gasteiger partial charge in [-0.2, -0.15) is 0 Å². The maximum Gasteiger partial charge on any atom is 0.272 e. The lowest BCUT2D eigenvalue weighted by molar-refractivity contribution is 0.414. The Morgan fingerprint density at radius 1 is 1.15 bits per heavy atom. The van der Waals surface area contributed by atoms with Crippen molar-refractivity contribution in [2.24, 2.45) is 0 Å². The monoisotopic (exact) mass is 396 g/mol. The molecule has 0 aliphatic carbocycles. The van der Waals surface area contributed by atoms with E-state index in [4.69, 9.17) is 9.72 Å². The van der Waals surface area contributed by atoms with Crippen LogP contribution in [-0.4, -0.2) is 22.4 Å². The van der Waals surface area contributed by atoms with Gasteiger partial charge in [-0.1, -0.05) is 41.6 Å². The Morgan fingerprint density at radius 3 is 2.59 bits per heavy atom. The predicted octanol–water partition coefficient (Wildman–Crippen LogP) is 4.49. The number of ether oxygens (including phenoxy) is 1. The molecule has 1 aliphatic rings. The Morgan fingerprint density at radius 2 is 1.89 bits per heavy atom. The molecule has 0 saturated carbocycles. The number of methoxy groups -OCH3 is 1. The third-order valence-electron chi connectivity index (χ3n) is 4.49. The number of rotatable bonds is 5. The minimum atomic E-state index is 0.0269. The molecule has 0 bridgehead atoms. The highest BCUT2D eigenvalue weighted by atomic mass is 32.2. The van der Waals surface area contributed by atoms with Crippen LogP contribution in [0.1, 0.15) is 16.8 Å². The first kappa shape index (κ1) is 18.2. The SMILES string of the molecule is COc1ccc(-n2c(SCc3ccc(C)cc3)nc3c(c2=O)SCC3)cc1. The number of aryl methyl sites for hydroxylation is 2. The number of benzene rings is 2. The van der Waals surface area contributed by atoms with Gasteiger partial charge in [-0.05, 0) is 36.8 Å². The van der Waals surface area contributed by atoms with Gasteiger partial charge in [-0.25, -0.2) is 4.98 Å². The van der Waals surface area contributed by atoms with E-state index >= 15 is 0 Å². The molecule has 138 valence electrons. The molecule has 0 unspecified atom stereocenters. The molecule has 1 aliphatic heterocycles. The summed E-state index contributed by atoms with van der Waals surface area (Å²) in [6.07, 6.45) is 0.858. The fourth-order valence-electron chi connectivity index (χ4n) is 2.98. The molecule has 4 rings (SSSR count). The summed E-state index contributed by atoms with van der Waals surface area (Å²) in [7, 11) is 1.64. The zero-order valence-electron chi connectivity index (χ0n) is 15.3. The summed E-state index contributed by atoms with van der Waals surface area (Å²) in [6.45, 7) is 2.08. The Kier molecular flexibility index (Phi) is 5.27. The van der Waals surface area contributed by atoms with Crippen molar-refractivity contribution in [3.63, 3.8) is 0 Å². The van der Waals surface area contributed by atoms with Crippen LogP contribution in [0.3, 0.4) is 0 Å². The van der Waals surface area contributed by atoms with Gasteiger partial charge in [-0.3, -0.25) is 9.36 Å². The van der Waals surface area contributed by atoms with Crippen molar-refractivity contribution < 1.29 is 4.74 Å². The molecule has 2 aromatic carbocycles. The summed E-state index contributed by atoms with van der Waals surface area (Å²) in [5.41, 5.74) is 4.23. The topological polar surface area (TPSA) is 44.1 Å². The standard InChI is InChI=1S/C21H20N2O2S2/c1-14-3-5-15(6-4-14)13-27-21-22-18-11-12-26-19(18)20(24)23(21)16-7-9-17(25-2)10-8-16/h3-10H,11-13H2,1-2H3. The van der Waals surface area contributed by atoms with E-state index in [9.17, 15) is 4.79 Å². The van der Waals surface area contributed by atoms with E-state index in [0.29, 0.717) is 0 Å². The van der Waals surface area contributed by atoms with Gasteiger partial charge in [0, 0.05) is 17.9 Å². The molecular formula is C21H20N2O2S2. The second kappa shape index (κ2) is 7.82. The molecule has 27 heavy (non-hydrogen) atoms. The van der Waals surface area contributed by atoms with Gasteiger partial charge in [0.2, 0.25) is 0 Å². The highest BCUT2D eigenvalue weighted by Crippen LogP contribution is 2.31. The summed E-state index contributed by atoms with van der Waals surface area (Å²) < 4.78 is 6.97. The van der Waals surface area contributed by atoms with Gasteiger partial charge in [0.25, 0.3) is 5.56 Å².